The highest BCUT2D eigenvalue weighted by atomic mass is 19.1. The number of likely N-dealkylation sites (N-methyl/N-ethyl adjacent to an activating group) is 1. The van der Waals surface area contributed by atoms with Crippen molar-refractivity contribution < 1.29 is 13.9 Å². The number of carbonyl (C=O) groups excluding carboxylic acids is 1. The normalized spacial score (nSPS) is 16.0. The summed E-state index contributed by atoms with van der Waals surface area (Å²) in [5.74, 6) is 0.00277. The number of ether oxygens (including phenoxy) is 1. The molecule has 6 rings (SSSR count). The van der Waals surface area contributed by atoms with E-state index in [9.17, 15) is 9.18 Å². The third kappa shape index (κ3) is 5.29. The number of fused-ring (bicyclic) bond motifs is 2. The highest BCUT2D eigenvalue weighted by Crippen LogP contribution is 2.30. The number of nitrogens with one attached hydrogen (secondary N) is 2. The molecule has 1 unspecified atom stereocenters. The zero-order valence-corrected chi connectivity index (χ0v) is 21.9. The van der Waals surface area contributed by atoms with Gasteiger partial charge in [0.2, 0.25) is 5.88 Å². The molecule has 1 amide bonds. The van der Waals surface area contributed by atoms with E-state index in [2.05, 4.69) is 35.8 Å². The molecule has 0 spiro atoms. The molecular formula is C28H26FN9O2. The molecular weight excluding hydrogens is 513 g/mol. The summed E-state index contributed by atoms with van der Waals surface area (Å²) in [6.45, 7) is 2.82. The Morgan fingerprint density at radius 3 is 2.80 bits per heavy atom. The maximum Gasteiger partial charge on any atom is 0.284 e. The van der Waals surface area contributed by atoms with Crippen LogP contribution in [0.15, 0.2) is 73.3 Å². The number of aryl methyl sites for hydroxylation is 1. The Balaban J connectivity index is 1.19. The lowest BCUT2D eigenvalue weighted by molar-refractivity contribution is -0.114. The Hall–Kier alpha value is -4.97. The van der Waals surface area contributed by atoms with E-state index in [0.717, 1.165) is 30.6 Å². The molecule has 2 aromatic carbocycles. The number of likely N-dealkylation sites (tertiary alicyclic amines) is 1. The first-order chi connectivity index (χ1) is 19.4. The molecule has 2 N–H and O–H groups in total. The molecule has 0 saturated carbocycles. The average Bonchev–Trinajstić information content (AvgIpc) is 3.58. The molecule has 12 heteroatoms. The number of hydrogen-bond acceptors (Lipinski definition) is 9. The van der Waals surface area contributed by atoms with Crippen LogP contribution in [0.3, 0.4) is 0 Å². The predicted molar refractivity (Wildman–Crippen MR) is 148 cm³/mol. The number of aromatic nitrogens is 6. The van der Waals surface area contributed by atoms with E-state index in [4.69, 9.17) is 4.74 Å². The summed E-state index contributed by atoms with van der Waals surface area (Å²) in [5, 5.41) is 14.5. The maximum atomic E-state index is 14.6. The number of anilines is 3. The van der Waals surface area contributed by atoms with E-state index in [1.54, 1.807) is 41.3 Å². The SMILES string of the molecule is Cc1cc(Nc2ncnc3ccc(NC(=O)/C(F)=C/C4CCCN4C)cc23)ccc1Oc1cc2nncn2cn1. The van der Waals surface area contributed by atoms with Gasteiger partial charge < -0.3 is 15.4 Å². The first-order valence-corrected chi connectivity index (χ1v) is 12.8. The van der Waals surface area contributed by atoms with Gasteiger partial charge in [-0.25, -0.2) is 19.3 Å². The van der Waals surface area contributed by atoms with Crippen molar-refractivity contribution in [3.63, 3.8) is 0 Å². The van der Waals surface area contributed by atoms with Crippen LogP contribution in [0, 0.1) is 6.92 Å². The second kappa shape index (κ2) is 10.7. The number of benzene rings is 2. The molecule has 3 aromatic heterocycles. The lowest BCUT2D eigenvalue weighted by Crippen LogP contribution is -2.24. The summed E-state index contributed by atoms with van der Waals surface area (Å²) in [4.78, 5) is 27.6. The Morgan fingerprint density at radius 2 is 1.98 bits per heavy atom. The van der Waals surface area contributed by atoms with E-state index >= 15 is 0 Å². The zero-order chi connectivity index (χ0) is 27.6. The van der Waals surface area contributed by atoms with Crippen molar-refractivity contribution in [2.24, 2.45) is 0 Å². The standard InChI is InChI=1S/C28H26FN9O2/c1-17-10-18(6-8-24(17)40-26-13-25-36-33-16-38(25)15-32-26)34-27-21-11-19(5-7-23(21)30-14-31-27)35-28(39)22(29)12-20-4-3-9-37(20)2/h5-8,10-16,20H,3-4,9H2,1-2H3,(H,35,39)(H,30,31,34)/b22-12-. The smallest absolute Gasteiger partial charge is 0.284 e. The van der Waals surface area contributed by atoms with E-state index in [0.29, 0.717) is 39.7 Å². The number of nitrogens with zero attached hydrogens (tertiary/aromatic N) is 7. The molecule has 4 heterocycles. The van der Waals surface area contributed by atoms with Crippen molar-refractivity contribution in [1.29, 1.82) is 0 Å². The highest BCUT2D eigenvalue weighted by Gasteiger charge is 2.21. The molecule has 0 bridgehead atoms. The predicted octanol–water partition coefficient (Wildman–Crippen LogP) is 4.80. The van der Waals surface area contributed by atoms with Gasteiger partial charge >= 0.3 is 0 Å². The monoisotopic (exact) mass is 539 g/mol. The summed E-state index contributed by atoms with van der Waals surface area (Å²) < 4.78 is 22.3. The third-order valence-electron chi connectivity index (χ3n) is 6.84. The van der Waals surface area contributed by atoms with Gasteiger partial charge in [0.25, 0.3) is 5.91 Å². The van der Waals surface area contributed by atoms with Gasteiger partial charge in [-0.05, 0) is 81.4 Å². The maximum absolute atomic E-state index is 14.6. The number of halogens is 1. The summed E-state index contributed by atoms with van der Waals surface area (Å²) in [6, 6.07) is 12.4. The van der Waals surface area contributed by atoms with Gasteiger partial charge in [0.1, 0.15) is 30.5 Å². The Kier molecular flexibility index (Phi) is 6.74. The molecule has 1 atom stereocenters. The molecule has 1 aliphatic rings. The number of hydrogen-bond donors (Lipinski definition) is 2. The molecule has 202 valence electrons. The van der Waals surface area contributed by atoms with Crippen molar-refractivity contribution in [1.82, 2.24) is 34.4 Å². The van der Waals surface area contributed by atoms with Crippen molar-refractivity contribution in [2.45, 2.75) is 25.8 Å². The van der Waals surface area contributed by atoms with Crippen LogP contribution in [0.25, 0.3) is 16.6 Å². The Morgan fingerprint density at radius 1 is 1.10 bits per heavy atom. The van der Waals surface area contributed by atoms with Gasteiger partial charge in [-0.3, -0.25) is 14.1 Å². The average molecular weight is 540 g/mol. The van der Waals surface area contributed by atoms with E-state index in [1.807, 2.05) is 37.1 Å². The van der Waals surface area contributed by atoms with Crippen LogP contribution < -0.4 is 15.4 Å². The first kappa shape index (κ1) is 25.3. The number of amides is 1. The van der Waals surface area contributed by atoms with E-state index < -0.39 is 11.7 Å². The van der Waals surface area contributed by atoms with Crippen molar-refractivity contribution in [3.8, 4) is 11.6 Å². The van der Waals surface area contributed by atoms with E-state index in [1.165, 1.54) is 12.4 Å². The molecule has 1 aliphatic heterocycles. The molecule has 40 heavy (non-hydrogen) atoms. The minimum atomic E-state index is -0.795. The number of rotatable bonds is 7. The Bertz CT molecular complexity index is 1750. The van der Waals surface area contributed by atoms with Crippen LogP contribution in [0.5, 0.6) is 11.6 Å². The largest absolute Gasteiger partial charge is 0.439 e. The zero-order valence-electron chi connectivity index (χ0n) is 21.9. The van der Waals surface area contributed by atoms with Gasteiger partial charge in [0.15, 0.2) is 11.5 Å². The highest BCUT2D eigenvalue weighted by molar-refractivity contribution is 6.04. The summed E-state index contributed by atoms with van der Waals surface area (Å²) in [6.07, 6.45) is 7.82. The molecule has 5 aromatic rings. The van der Waals surface area contributed by atoms with Gasteiger partial charge in [-0.2, -0.15) is 0 Å². The summed E-state index contributed by atoms with van der Waals surface area (Å²) in [7, 11) is 1.93. The number of carbonyl (C=O) groups is 1. The first-order valence-electron chi connectivity index (χ1n) is 12.8. The van der Waals surface area contributed by atoms with Crippen LogP contribution >= 0.6 is 0 Å². The fourth-order valence-electron chi connectivity index (χ4n) is 4.67. The van der Waals surface area contributed by atoms with Gasteiger partial charge in [-0.1, -0.05) is 0 Å². The van der Waals surface area contributed by atoms with Gasteiger partial charge in [0.05, 0.1) is 5.52 Å². The van der Waals surface area contributed by atoms with Crippen LogP contribution in [0.1, 0.15) is 18.4 Å². The molecule has 0 aliphatic carbocycles. The molecule has 1 saturated heterocycles. The molecule has 11 nitrogen and oxygen atoms in total. The fourth-order valence-corrected chi connectivity index (χ4v) is 4.67. The minimum absolute atomic E-state index is 0.0689. The van der Waals surface area contributed by atoms with Gasteiger partial charge in [0, 0.05) is 28.9 Å². The molecule has 0 radical (unpaired) electrons. The van der Waals surface area contributed by atoms with E-state index in [-0.39, 0.29) is 6.04 Å². The van der Waals surface area contributed by atoms with Crippen molar-refractivity contribution in [3.05, 3.63) is 78.9 Å². The molecule has 1 fully saturated rings. The minimum Gasteiger partial charge on any atom is -0.439 e. The lowest BCUT2D eigenvalue weighted by Gasteiger charge is -2.15. The van der Waals surface area contributed by atoms with Crippen LogP contribution in [0.4, 0.5) is 21.6 Å². The van der Waals surface area contributed by atoms with Crippen molar-refractivity contribution >= 4 is 39.6 Å². The second-order valence-corrected chi connectivity index (χ2v) is 9.64. The third-order valence-corrected chi connectivity index (χ3v) is 6.84. The van der Waals surface area contributed by atoms with Crippen molar-refractivity contribution in [2.75, 3.05) is 24.2 Å². The Labute approximate surface area is 228 Å². The van der Waals surface area contributed by atoms with Crippen LogP contribution in [-0.4, -0.2) is 60.0 Å². The van der Waals surface area contributed by atoms with Gasteiger partial charge in [-0.15, -0.1) is 10.2 Å². The summed E-state index contributed by atoms with van der Waals surface area (Å²) >= 11 is 0. The van der Waals surface area contributed by atoms with Crippen LogP contribution in [0.2, 0.25) is 0 Å². The lowest BCUT2D eigenvalue weighted by atomic mass is 10.1. The fraction of sp³-hybridized carbons (Fsp3) is 0.214. The second-order valence-electron chi connectivity index (χ2n) is 9.64. The topological polar surface area (TPSA) is 122 Å². The summed E-state index contributed by atoms with van der Waals surface area (Å²) in [5.41, 5.74) is 3.39. The quantitative estimate of drug-likeness (QED) is 0.281. The van der Waals surface area contributed by atoms with Crippen LogP contribution in [-0.2, 0) is 4.79 Å².